The van der Waals surface area contributed by atoms with E-state index in [0.717, 1.165) is 11.6 Å². The second-order valence-electron chi connectivity index (χ2n) is 8.05. The van der Waals surface area contributed by atoms with Gasteiger partial charge in [-0.15, -0.1) is 0 Å². The van der Waals surface area contributed by atoms with E-state index < -0.39 is 15.8 Å². The molecule has 10 heteroatoms. The average Bonchev–Trinajstić information content (AvgIpc) is 3.10. The molecule has 0 spiro atoms. The number of nitrogens with zero attached hydrogens (tertiary/aromatic N) is 2. The largest absolute Gasteiger partial charge is 0.256 e. The fourth-order valence-electron chi connectivity index (χ4n) is 3.95. The van der Waals surface area contributed by atoms with Crippen LogP contribution in [0.15, 0.2) is 70.7 Å². The van der Waals surface area contributed by atoms with Crippen LogP contribution in [0, 0.1) is 18.7 Å². The molecule has 0 unspecified atom stereocenters. The van der Waals surface area contributed by atoms with Gasteiger partial charge in [0.25, 0.3) is 0 Å². The summed E-state index contributed by atoms with van der Waals surface area (Å²) in [5.74, 6) is -0.798. The number of aryl methyl sites for hydroxylation is 1. The van der Waals surface area contributed by atoms with Gasteiger partial charge in [-0.05, 0) is 60.5 Å². The van der Waals surface area contributed by atoms with Gasteiger partial charge in [0, 0.05) is 16.0 Å². The first-order chi connectivity index (χ1) is 16.1. The molecule has 34 heavy (non-hydrogen) atoms. The van der Waals surface area contributed by atoms with E-state index in [1.807, 2.05) is 19.1 Å². The predicted octanol–water partition coefficient (Wildman–Crippen LogP) is 6.63. The van der Waals surface area contributed by atoms with Crippen LogP contribution in [0.25, 0.3) is 0 Å². The number of benzene rings is 3. The molecule has 0 saturated carbocycles. The van der Waals surface area contributed by atoms with Crippen LogP contribution in [0.2, 0.25) is 15.1 Å². The van der Waals surface area contributed by atoms with Crippen molar-refractivity contribution in [1.29, 1.82) is 0 Å². The summed E-state index contributed by atoms with van der Waals surface area (Å²) in [7, 11) is -3.96. The highest BCUT2D eigenvalue weighted by Crippen LogP contribution is 2.42. The van der Waals surface area contributed by atoms with Crippen LogP contribution in [-0.2, 0) is 10.0 Å². The number of halogens is 4. The maximum Gasteiger partial charge on any atom is 0.241 e. The Balaban J connectivity index is 1.68. The molecule has 5 nitrogen and oxygen atoms in total. The minimum absolute atomic E-state index is 0.0503. The predicted molar refractivity (Wildman–Crippen MR) is 136 cm³/mol. The van der Waals surface area contributed by atoms with Gasteiger partial charge in [0.05, 0.1) is 33.9 Å². The summed E-state index contributed by atoms with van der Waals surface area (Å²) < 4.78 is 42.1. The molecule has 0 bridgehead atoms. The molecule has 0 saturated heterocycles. The van der Waals surface area contributed by atoms with Crippen LogP contribution >= 0.6 is 34.8 Å². The lowest BCUT2D eigenvalue weighted by Gasteiger charge is -2.28. The third-order valence-corrected chi connectivity index (χ3v) is 8.08. The Morgan fingerprint density at radius 3 is 2.35 bits per heavy atom. The van der Waals surface area contributed by atoms with E-state index in [4.69, 9.17) is 39.9 Å². The molecule has 3 aromatic rings. The van der Waals surface area contributed by atoms with Gasteiger partial charge in [-0.3, -0.25) is 5.01 Å². The Bertz CT molecular complexity index is 1360. The lowest BCUT2D eigenvalue weighted by molar-refractivity contribution is 0.576. The molecule has 0 aliphatic carbocycles. The summed E-state index contributed by atoms with van der Waals surface area (Å²) >= 11 is 18.6. The maximum atomic E-state index is 13.7. The lowest BCUT2D eigenvalue weighted by Crippen LogP contribution is -2.32. The Kier molecular flexibility index (Phi) is 7.22. The van der Waals surface area contributed by atoms with Crippen molar-refractivity contribution < 1.29 is 12.8 Å². The van der Waals surface area contributed by atoms with Gasteiger partial charge in [-0.25, -0.2) is 17.5 Å². The third-order valence-electron chi connectivity index (χ3n) is 5.75. The van der Waals surface area contributed by atoms with E-state index in [1.165, 1.54) is 12.1 Å². The third kappa shape index (κ3) is 5.09. The highest BCUT2D eigenvalue weighted by atomic mass is 35.5. The summed E-state index contributed by atoms with van der Waals surface area (Å²) in [5, 5.41) is 8.01. The number of hydrazone groups is 1. The zero-order valence-electron chi connectivity index (χ0n) is 18.3. The molecule has 3 aromatic carbocycles. The van der Waals surface area contributed by atoms with Gasteiger partial charge in [-0.1, -0.05) is 59.9 Å². The Morgan fingerprint density at radius 2 is 1.68 bits per heavy atom. The molecule has 0 fully saturated rings. The van der Waals surface area contributed by atoms with Crippen molar-refractivity contribution in [3.05, 3.63) is 92.7 Å². The fraction of sp³-hybridized carbons (Fsp3) is 0.208. The number of anilines is 1. The van der Waals surface area contributed by atoms with Crippen molar-refractivity contribution in [2.75, 3.05) is 11.6 Å². The summed E-state index contributed by atoms with van der Waals surface area (Å²) in [6.07, 6.45) is 0. The highest BCUT2D eigenvalue weighted by Gasteiger charge is 2.37. The van der Waals surface area contributed by atoms with Gasteiger partial charge < -0.3 is 0 Å². The van der Waals surface area contributed by atoms with E-state index in [9.17, 15) is 12.8 Å². The van der Waals surface area contributed by atoms with Crippen molar-refractivity contribution >= 4 is 56.2 Å². The summed E-state index contributed by atoms with van der Waals surface area (Å²) in [6.45, 7) is 3.53. The summed E-state index contributed by atoms with van der Waals surface area (Å²) in [6, 6.07) is 15.9. The Morgan fingerprint density at radius 1 is 1.00 bits per heavy atom. The molecule has 178 valence electrons. The first-order valence-corrected chi connectivity index (χ1v) is 13.0. The van der Waals surface area contributed by atoms with Crippen LogP contribution in [-0.4, -0.2) is 20.7 Å². The Labute approximate surface area is 213 Å². The van der Waals surface area contributed by atoms with E-state index >= 15 is 0 Å². The molecule has 0 radical (unpaired) electrons. The number of nitrogens with one attached hydrogen (secondary N) is 1. The molecule has 0 amide bonds. The zero-order valence-corrected chi connectivity index (χ0v) is 21.4. The first-order valence-electron chi connectivity index (χ1n) is 10.4. The average molecular weight is 541 g/mol. The normalized spacial score (nSPS) is 18.3. The van der Waals surface area contributed by atoms with Crippen LogP contribution in [0.5, 0.6) is 0 Å². The molecule has 4 rings (SSSR count). The molecular formula is C24H21Cl3FN3O2S. The van der Waals surface area contributed by atoms with E-state index in [0.29, 0.717) is 32.0 Å². The molecule has 2 atom stereocenters. The summed E-state index contributed by atoms with van der Waals surface area (Å²) in [5.41, 5.74) is 2.62. The van der Waals surface area contributed by atoms with Gasteiger partial charge in [0.1, 0.15) is 5.82 Å². The first kappa shape index (κ1) is 24.9. The minimum atomic E-state index is -3.96. The van der Waals surface area contributed by atoms with E-state index in [1.54, 1.807) is 42.3 Å². The molecule has 0 aromatic heterocycles. The smallest absolute Gasteiger partial charge is 0.241 e. The van der Waals surface area contributed by atoms with Gasteiger partial charge in [0.2, 0.25) is 10.0 Å². The minimum Gasteiger partial charge on any atom is -0.256 e. The monoisotopic (exact) mass is 539 g/mol. The van der Waals surface area contributed by atoms with E-state index in [-0.39, 0.29) is 23.4 Å². The van der Waals surface area contributed by atoms with Gasteiger partial charge in [0.15, 0.2) is 0 Å². The van der Waals surface area contributed by atoms with Crippen LogP contribution in [0.1, 0.15) is 24.1 Å². The van der Waals surface area contributed by atoms with Gasteiger partial charge >= 0.3 is 0 Å². The molecule has 1 aliphatic rings. The van der Waals surface area contributed by atoms with Crippen molar-refractivity contribution in [1.82, 2.24) is 4.72 Å². The van der Waals surface area contributed by atoms with Crippen molar-refractivity contribution in [3.63, 3.8) is 0 Å². The molecule has 1 aliphatic heterocycles. The standard InChI is InChI=1S/C24H21Cl3FN3O2S/c1-14-3-9-19(28)12-23(14)34(32,33)29-13-21-15(2)24(16-4-6-17(25)7-5-16)31(30-21)22-10-8-18(26)11-20(22)27/h3-12,15,24,29H,13H2,1-2H3/t15-,24+/m1/s1. The molecule has 1 N–H and O–H groups in total. The zero-order chi connectivity index (χ0) is 24.6. The summed E-state index contributed by atoms with van der Waals surface area (Å²) in [4.78, 5) is -0.106. The number of hydrogen-bond acceptors (Lipinski definition) is 4. The second-order valence-corrected chi connectivity index (χ2v) is 11.1. The van der Waals surface area contributed by atoms with Gasteiger partial charge in [-0.2, -0.15) is 5.10 Å². The quantitative estimate of drug-likeness (QED) is 0.382. The number of hydrogen-bond donors (Lipinski definition) is 1. The molecule has 1 heterocycles. The Hall–Kier alpha value is -2.16. The second kappa shape index (κ2) is 9.84. The fourth-order valence-corrected chi connectivity index (χ4v) is 5.83. The number of rotatable bonds is 6. The highest BCUT2D eigenvalue weighted by molar-refractivity contribution is 7.89. The van der Waals surface area contributed by atoms with E-state index in [2.05, 4.69) is 4.72 Å². The SMILES string of the molecule is Cc1ccc(F)cc1S(=O)(=O)NCC1=NN(c2ccc(Cl)cc2Cl)[C@H](c2ccc(Cl)cc2)[C@@H]1C. The number of sulfonamides is 1. The van der Waals surface area contributed by atoms with Crippen molar-refractivity contribution in [2.45, 2.75) is 24.8 Å². The maximum absolute atomic E-state index is 13.7. The molecular weight excluding hydrogens is 520 g/mol. The van der Waals surface area contributed by atoms with Crippen molar-refractivity contribution in [3.8, 4) is 0 Å². The topological polar surface area (TPSA) is 61.8 Å². The van der Waals surface area contributed by atoms with Crippen molar-refractivity contribution in [2.24, 2.45) is 11.0 Å². The van der Waals surface area contributed by atoms with Crippen LogP contribution in [0.3, 0.4) is 0 Å². The van der Waals surface area contributed by atoms with Crippen LogP contribution < -0.4 is 9.73 Å². The van der Waals surface area contributed by atoms with Crippen LogP contribution in [0.4, 0.5) is 10.1 Å². The lowest BCUT2D eigenvalue weighted by atomic mass is 9.91.